The molecule has 47 heteroatoms. The molecule has 7 heterocycles. The third-order valence-electron chi connectivity index (χ3n) is 18.2. The van der Waals surface area contributed by atoms with E-state index in [9.17, 15) is 62.3 Å². The Morgan fingerprint density at radius 1 is 0.345 bits per heavy atom. The van der Waals surface area contributed by atoms with Crippen molar-refractivity contribution in [3.8, 4) is 40.2 Å². The fourth-order valence-electron chi connectivity index (χ4n) is 11.9. The van der Waals surface area contributed by atoms with Crippen molar-refractivity contribution in [3.63, 3.8) is 0 Å². The summed E-state index contributed by atoms with van der Waals surface area (Å²) in [6.07, 6.45) is 0. The Kier molecular flexibility index (Phi) is 42.8. The number of nitrogens with zero attached hydrogens (tertiary/aromatic N) is 11. The number of aliphatic hydroxyl groups excluding tert-OH is 2. The number of fused-ring (bicyclic) bond motifs is 7. The van der Waals surface area contributed by atoms with E-state index in [-0.39, 0.29) is 186 Å². The number of nitrogens with two attached hydrogens (primary N) is 1. The molecule has 7 aromatic carbocycles. The molecule has 145 heavy (non-hydrogen) atoms. The number of ether oxygens (including phenoxy) is 9. The first-order valence-corrected chi connectivity index (χ1v) is 43.4. The van der Waals surface area contributed by atoms with Crippen molar-refractivity contribution in [2.45, 2.75) is 124 Å². The Bertz CT molecular complexity index is 7520. The zero-order valence-corrected chi connectivity index (χ0v) is 81.8. The highest BCUT2D eigenvalue weighted by atomic mass is 35.5. The van der Waals surface area contributed by atoms with E-state index in [0.29, 0.717) is 112 Å². The molecule has 0 atom stereocenters. The number of rotatable bonds is 28. The van der Waals surface area contributed by atoms with Crippen LogP contribution in [0.15, 0.2) is 250 Å². The van der Waals surface area contributed by atoms with Crippen molar-refractivity contribution < 1.29 is 123 Å². The predicted octanol–water partition coefficient (Wildman–Crippen LogP) is 14.9. The number of esters is 3. The number of amides is 2. The van der Waals surface area contributed by atoms with Crippen molar-refractivity contribution >= 4 is 136 Å². The van der Waals surface area contributed by atoms with Crippen molar-refractivity contribution in [1.82, 2.24) is 9.80 Å². The van der Waals surface area contributed by atoms with Crippen LogP contribution in [0, 0.1) is 0 Å². The minimum atomic E-state index is -1.11. The number of halogens is 2. The Labute approximate surface area is 831 Å². The molecule has 7 aromatic heterocycles. The summed E-state index contributed by atoms with van der Waals surface area (Å²) in [6.45, 7) is 13.9. The highest BCUT2D eigenvalue weighted by Crippen LogP contribution is 2.28. The Morgan fingerprint density at radius 3 is 0.807 bits per heavy atom. The first-order chi connectivity index (χ1) is 68.2. The summed E-state index contributed by atoms with van der Waals surface area (Å²) in [5, 5.41) is 47.8. The number of azide groups is 3. The maximum Gasteiger partial charge on any atom is 0.344 e. The van der Waals surface area contributed by atoms with Crippen molar-refractivity contribution in [3.05, 3.63) is 313 Å². The Balaban J connectivity index is 0.000000230. The van der Waals surface area contributed by atoms with Crippen LogP contribution in [-0.4, -0.2) is 151 Å². The van der Waals surface area contributed by atoms with E-state index >= 15 is 0 Å². The number of phenols is 1. The second-order valence-electron chi connectivity index (χ2n) is 33.4. The molecule has 14 rings (SSSR count). The molecule has 0 saturated carbocycles. The molecule has 45 nitrogen and oxygen atoms in total. The number of carboxylic acids is 1. The summed E-state index contributed by atoms with van der Waals surface area (Å²) in [6, 6.07) is 41.1. The number of phenolic OH excluding ortho intramolecular Hbond substituents is 1. The van der Waals surface area contributed by atoms with Gasteiger partial charge in [-0.25, -0.2) is 19.2 Å². The lowest BCUT2D eigenvalue weighted by molar-refractivity contribution is -0.158. The van der Waals surface area contributed by atoms with Gasteiger partial charge >= 0.3 is 23.9 Å². The van der Waals surface area contributed by atoms with E-state index in [2.05, 4.69) is 30.1 Å². The van der Waals surface area contributed by atoms with Crippen LogP contribution in [-0.2, 0) is 88.3 Å². The topological polar surface area (TPSA) is 657 Å². The molecule has 0 saturated heterocycles. The van der Waals surface area contributed by atoms with Gasteiger partial charge in [0.05, 0.1) is 69.8 Å². The molecule has 0 aliphatic heterocycles. The van der Waals surface area contributed by atoms with E-state index in [4.69, 9.17) is 128 Å². The number of aromatic hydroxyl groups is 1. The van der Waals surface area contributed by atoms with Crippen molar-refractivity contribution in [1.29, 1.82) is 0 Å². The molecule has 14 aromatic rings. The van der Waals surface area contributed by atoms with Crippen LogP contribution in [0.3, 0.4) is 0 Å². The van der Waals surface area contributed by atoms with Gasteiger partial charge in [0.2, 0.25) is 0 Å². The van der Waals surface area contributed by atoms with E-state index in [1.807, 2.05) is 0 Å². The lowest BCUT2D eigenvalue weighted by Crippen LogP contribution is -2.27. The van der Waals surface area contributed by atoms with E-state index < -0.39 is 47.3 Å². The van der Waals surface area contributed by atoms with Gasteiger partial charge in [-0.15, -0.1) is 24.0 Å². The van der Waals surface area contributed by atoms with Crippen LogP contribution in [0.25, 0.3) is 108 Å². The molecule has 0 aliphatic rings. The third-order valence-corrected chi connectivity index (χ3v) is 18.5. The number of carbonyl (C=O) groups is 6. The van der Waals surface area contributed by atoms with Gasteiger partial charge in [0.25, 0.3) is 11.8 Å². The fraction of sp³-hybridized carbons (Fsp3) is 0.296. The molecule has 0 spiro atoms. The van der Waals surface area contributed by atoms with E-state index in [1.54, 1.807) is 157 Å². The van der Waals surface area contributed by atoms with Gasteiger partial charge in [-0.2, -0.15) is 0 Å². The SMILES string of the molecule is CC(C)(C)OC(=O)COc1ccc2oc(CCl)cc(=O)c2c1.CC(C)(C)OC(=O)COc1ccc2oc(CN=[N+]=[N-])cc(=O)c2c1.CC(C)(C)OC(=O)COc1ccc2oc(CO)cc(=O)c2c1.CN(C)C(=O)COc1ccc2oc(CN)cc(=O)c2c1.CN(C)C(=O)COc1ccc2oc(CN=[N+]=[N-])cc(=O)c2c1.Cl.O=c1cc(CO)oc2ccc(O)cc12.[N-]=[N+]=NCc1cc(=O)c2cc(OCC(=O)O)ccc2o1. The Morgan fingerprint density at radius 2 is 0.566 bits per heavy atom. The number of aliphatic hydroxyl groups is 2. The van der Waals surface area contributed by atoms with Gasteiger partial charge in [-0.1, -0.05) is 15.3 Å². The summed E-state index contributed by atoms with van der Waals surface area (Å²) in [5.74, 6) is 1.49. The fourth-order valence-corrected chi connectivity index (χ4v) is 12.1. The molecular weight excluding hydrogens is 1940 g/mol. The zero-order valence-electron chi connectivity index (χ0n) is 80.3. The largest absolute Gasteiger partial charge is 0.508 e. The normalized spacial score (nSPS) is 10.7. The van der Waals surface area contributed by atoms with Crippen LogP contribution < -0.4 is 72.2 Å². The summed E-state index contributed by atoms with van der Waals surface area (Å²) in [7, 11) is 6.56. The maximum absolute atomic E-state index is 12.1. The first-order valence-electron chi connectivity index (χ1n) is 42.9. The molecule has 0 aliphatic carbocycles. The average molecular weight is 2040 g/mol. The second kappa shape index (κ2) is 54.0. The van der Waals surface area contributed by atoms with Crippen molar-refractivity contribution in [2.24, 2.45) is 21.1 Å². The predicted molar refractivity (Wildman–Crippen MR) is 530 cm³/mol. The van der Waals surface area contributed by atoms with Gasteiger partial charge in [0, 0.05) is 85.4 Å². The number of hydrogen-bond acceptors (Lipinski definition) is 36. The van der Waals surface area contributed by atoms with Gasteiger partial charge in [0.1, 0.15) is 150 Å². The van der Waals surface area contributed by atoms with Gasteiger partial charge in [-0.05, 0) is 206 Å². The molecule has 764 valence electrons. The number of benzene rings is 7. The monoisotopic (exact) mass is 2040 g/mol. The zero-order chi connectivity index (χ0) is 106. The summed E-state index contributed by atoms with van der Waals surface area (Å²) >= 11 is 5.66. The molecule has 0 bridgehead atoms. The standard InChI is InChI=1S/C16H17ClO5.C16H17N3O5.C16H18O6.C14H14N4O4.C14H16N2O4.C12H9N3O5.C10H8O4.ClH/c1-16(2,3)22-15(19)9-20-10-4-5-14-12(6-10)13(18)7-11(8-17)21-14;1-16(2,3)24-15(21)9-22-10-4-5-14-12(6-10)13(20)7-11(23-14)8-18-19-17;1-16(2,3)22-15(19)9-20-10-4-5-14-12(6-10)13(18)7-11(8-17)21-14;1-18(2)14(20)8-21-9-3-4-13-11(5-9)12(19)6-10(22-13)7-16-17-15;1-16(2)14(18)8-19-9-3-4-13-11(5-9)12(17)6-10(7-15)20-13;13-15-14-5-8-4-10(16)9-3-7(19-6-12(17)18)1-2-11(9)20-8;11-5-7-4-9(13)8-3-6(12)1-2-10(8)14-7;/h4-7H,8-9H2,1-3H3;4-7H,8-9H2,1-3H3;4-7,17H,8-9H2,1-3H3;3-6H,7-8H2,1-2H3;3-6H,7-8,15H2,1-2H3;1-4H,5-6H2,(H,17,18);1-4,11-12H,5H2;1H. The summed E-state index contributed by atoms with van der Waals surface area (Å²) < 4.78 is 84.9. The second-order valence-corrected chi connectivity index (χ2v) is 33.7. The first kappa shape index (κ1) is 115. The van der Waals surface area contributed by atoms with Gasteiger partial charge in [0.15, 0.2) is 77.6 Å². The van der Waals surface area contributed by atoms with Crippen molar-refractivity contribution in [2.75, 3.05) is 67.8 Å². The van der Waals surface area contributed by atoms with Crippen LogP contribution in [0.1, 0.15) is 103 Å². The lowest BCUT2D eigenvalue weighted by atomic mass is 10.2. The number of carboxylic acid groups (broad SMARTS) is 1. The molecule has 2 amide bonds. The van der Waals surface area contributed by atoms with Crippen LogP contribution in [0.5, 0.6) is 40.2 Å². The average Bonchev–Trinajstić information content (AvgIpc) is 0.836. The van der Waals surface area contributed by atoms with Crippen LogP contribution in [0.4, 0.5) is 0 Å². The summed E-state index contributed by atoms with van der Waals surface area (Å²) in [4.78, 5) is 162. The number of likely N-dealkylation sites (N-methyl/N-ethyl adjacent to an activating group) is 2. The van der Waals surface area contributed by atoms with E-state index in [0.717, 1.165) is 0 Å². The molecule has 0 fully saturated rings. The highest BCUT2D eigenvalue weighted by molar-refractivity contribution is 6.16. The quantitative estimate of drug-likeness (QED) is 0.00759. The molecule has 0 unspecified atom stereocenters. The molecule has 0 radical (unpaired) electrons. The summed E-state index contributed by atoms with van der Waals surface area (Å²) in [5.41, 5.74) is 29.3. The van der Waals surface area contributed by atoms with Crippen LogP contribution in [0.2, 0.25) is 0 Å². The Hall–Kier alpha value is -17.2. The number of carbonyl (C=O) groups excluding carboxylic acids is 5. The minimum absolute atomic E-state index is 0. The minimum Gasteiger partial charge on any atom is -0.508 e. The maximum atomic E-state index is 12.1. The van der Waals surface area contributed by atoms with E-state index in [1.165, 1.54) is 113 Å². The van der Waals surface area contributed by atoms with Gasteiger partial charge in [-0.3, -0.25) is 43.2 Å². The third kappa shape index (κ3) is 37.1. The molecular formula is C98H100Cl2N12O33. The number of aliphatic carboxylic acids is 1. The molecule has 6 N–H and O–H groups in total. The number of hydrogen-bond donors (Lipinski definition) is 5. The van der Waals surface area contributed by atoms with Gasteiger partial charge < -0.3 is 110 Å². The smallest absolute Gasteiger partial charge is 0.344 e. The highest BCUT2D eigenvalue weighted by Gasteiger charge is 2.22. The number of alkyl halides is 1. The lowest BCUT2D eigenvalue weighted by Gasteiger charge is -2.19. The van der Waals surface area contributed by atoms with Crippen LogP contribution >= 0.6 is 24.0 Å².